The van der Waals surface area contributed by atoms with Gasteiger partial charge in [-0.15, -0.1) is 11.6 Å². The summed E-state index contributed by atoms with van der Waals surface area (Å²) in [5.41, 5.74) is 1.04. The fourth-order valence-corrected chi connectivity index (χ4v) is 2.03. The number of hydrogen-bond acceptors (Lipinski definition) is 4. The Morgan fingerprint density at radius 2 is 2.00 bits per heavy atom. The number of carbonyl (C=O) groups excluding carboxylic acids is 1. The van der Waals surface area contributed by atoms with E-state index in [4.69, 9.17) is 16.0 Å². The lowest BCUT2D eigenvalue weighted by atomic mass is 10.1. The number of furan rings is 1. The van der Waals surface area contributed by atoms with Crippen LogP contribution in [0.2, 0.25) is 0 Å². The van der Waals surface area contributed by atoms with Crippen LogP contribution in [0, 0.1) is 10.1 Å². The van der Waals surface area contributed by atoms with E-state index in [1.54, 1.807) is 0 Å². The fraction of sp³-hybridized carbons (Fsp3) is 0.214. The van der Waals surface area contributed by atoms with Crippen molar-refractivity contribution in [2.24, 2.45) is 0 Å². The highest BCUT2D eigenvalue weighted by atomic mass is 35.5. The molecule has 110 valence electrons. The molecule has 1 aromatic heterocycles. The molecule has 0 saturated heterocycles. The summed E-state index contributed by atoms with van der Waals surface area (Å²) >= 11 is 5.85. The predicted octanol–water partition coefficient (Wildman–Crippen LogP) is 2.77. The number of nitrogens with zero attached hydrogens (tertiary/aromatic N) is 1. The molecule has 0 bridgehead atoms. The van der Waals surface area contributed by atoms with E-state index in [1.165, 1.54) is 6.07 Å². The number of hydrogen-bond donors (Lipinski definition) is 1. The van der Waals surface area contributed by atoms with Crippen molar-refractivity contribution in [1.29, 1.82) is 0 Å². The van der Waals surface area contributed by atoms with Crippen molar-refractivity contribution >= 4 is 23.4 Å². The molecule has 0 aliphatic carbocycles. The van der Waals surface area contributed by atoms with Crippen LogP contribution in [0.25, 0.3) is 0 Å². The molecule has 1 unspecified atom stereocenters. The summed E-state index contributed by atoms with van der Waals surface area (Å²) in [6.07, 6.45) is 0.568. The highest BCUT2D eigenvalue weighted by Gasteiger charge is 2.19. The van der Waals surface area contributed by atoms with Gasteiger partial charge in [-0.1, -0.05) is 30.3 Å². The van der Waals surface area contributed by atoms with Gasteiger partial charge in [0.2, 0.25) is 0 Å². The van der Waals surface area contributed by atoms with Crippen LogP contribution in [0.3, 0.4) is 0 Å². The van der Waals surface area contributed by atoms with Gasteiger partial charge in [-0.05, 0) is 18.1 Å². The Morgan fingerprint density at radius 1 is 1.29 bits per heavy atom. The standard InChI is InChI=1S/C14H13ClN2O4/c15-9-11(8-10-4-2-1-3-5-10)16-14(18)12-6-7-13(21-12)17(19)20/h1-7,11H,8-9H2,(H,16,18). The molecule has 0 spiro atoms. The van der Waals surface area contributed by atoms with Crippen LogP contribution >= 0.6 is 11.6 Å². The number of amides is 1. The second-order valence-electron chi connectivity index (χ2n) is 4.41. The third-order valence-electron chi connectivity index (χ3n) is 2.84. The first-order chi connectivity index (χ1) is 10.1. The summed E-state index contributed by atoms with van der Waals surface area (Å²) in [6, 6.07) is 11.7. The molecular formula is C14H13ClN2O4. The molecule has 0 fully saturated rings. The maximum Gasteiger partial charge on any atom is 0.433 e. The first-order valence-corrected chi connectivity index (χ1v) is 6.78. The lowest BCUT2D eigenvalue weighted by Gasteiger charge is -2.15. The number of halogens is 1. The number of nitro groups is 1. The minimum absolute atomic E-state index is 0.107. The van der Waals surface area contributed by atoms with Gasteiger partial charge in [0.1, 0.15) is 4.92 Å². The van der Waals surface area contributed by atoms with Gasteiger partial charge in [-0.3, -0.25) is 14.9 Å². The number of carbonyl (C=O) groups is 1. The Labute approximate surface area is 125 Å². The van der Waals surface area contributed by atoms with Gasteiger partial charge in [0, 0.05) is 11.9 Å². The van der Waals surface area contributed by atoms with Gasteiger partial charge in [-0.2, -0.15) is 0 Å². The lowest BCUT2D eigenvalue weighted by molar-refractivity contribution is -0.402. The Bertz CT molecular complexity index is 627. The Morgan fingerprint density at radius 3 is 2.57 bits per heavy atom. The van der Waals surface area contributed by atoms with Crippen molar-refractivity contribution in [2.75, 3.05) is 5.88 Å². The zero-order valence-corrected chi connectivity index (χ0v) is 11.7. The van der Waals surface area contributed by atoms with Crippen LogP contribution in [-0.4, -0.2) is 22.8 Å². The molecule has 21 heavy (non-hydrogen) atoms. The van der Waals surface area contributed by atoms with Crippen LogP contribution in [0.15, 0.2) is 46.9 Å². The molecule has 1 N–H and O–H groups in total. The van der Waals surface area contributed by atoms with Crippen molar-refractivity contribution < 1.29 is 14.1 Å². The van der Waals surface area contributed by atoms with E-state index < -0.39 is 16.7 Å². The smallest absolute Gasteiger partial charge is 0.395 e. The van der Waals surface area contributed by atoms with Gasteiger partial charge in [0.25, 0.3) is 5.91 Å². The Hall–Kier alpha value is -2.34. The molecule has 2 rings (SSSR count). The van der Waals surface area contributed by atoms with Crippen molar-refractivity contribution in [2.45, 2.75) is 12.5 Å². The summed E-state index contributed by atoms with van der Waals surface area (Å²) in [7, 11) is 0. The van der Waals surface area contributed by atoms with Crippen LogP contribution in [0.1, 0.15) is 16.1 Å². The van der Waals surface area contributed by atoms with E-state index >= 15 is 0 Å². The van der Waals surface area contributed by atoms with Gasteiger partial charge in [0.15, 0.2) is 5.76 Å². The maximum atomic E-state index is 12.0. The second-order valence-corrected chi connectivity index (χ2v) is 4.72. The first kappa shape index (κ1) is 15.1. The second kappa shape index (κ2) is 6.90. The van der Waals surface area contributed by atoms with Crippen molar-refractivity contribution in [3.05, 3.63) is 63.9 Å². The third kappa shape index (κ3) is 4.06. The number of rotatable bonds is 6. The Kier molecular flexibility index (Phi) is 4.94. The quantitative estimate of drug-likeness (QED) is 0.505. The highest BCUT2D eigenvalue weighted by Crippen LogP contribution is 2.16. The zero-order chi connectivity index (χ0) is 15.2. The van der Waals surface area contributed by atoms with Gasteiger partial charge >= 0.3 is 5.88 Å². The molecule has 0 radical (unpaired) electrons. The Balaban J connectivity index is 2.00. The lowest BCUT2D eigenvalue weighted by Crippen LogP contribution is -2.37. The minimum atomic E-state index is -0.695. The molecule has 6 nitrogen and oxygen atoms in total. The van der Waals surface area contributed by atoms with E-state index in [0.717, 1.165) is 11.6 Å². The zero-order valence-electron chi connectivity index (χ0n) is 11.0. The highest BCUT2D eigenvalue weighted by molar-refractivity contribution is 6.18. The topological polar surface area (TPSA) is 85.4 Å². The first-order valence-electron chi connectivity index (χ1n) is 6.25. The summed E-state index contributed by atoms with van der Waals surface area (Å²) < 4.78 is 4.85. The summed E-state index contributed by atoms with van der Waals surface area (Å²) in [5.74, 6) is -0.871. The van der Waals surface area contributed by atoms with E-state index in [0.29, 0.717) is 6.42 Å². The predicted molar refractivity (Wildman–Crippen MR) is 77.5 cm³/mol. The summed E-state index contributed by atoms with van der Waals surface area (Å²) in [6.45, 7) is 0. The van der Waals surface area contributed by atoms with Crippen LogP contribution in [0.4, 0.5) is 5.88 Å². The van der Waals surface area contributed by atoms with Gasteiger partial charge in [0.05, 0.1) is 6.07 Å². The SMILES string of the molecule is O=C(NC(CCl)Cc1ccccc1)c1ccc([N+](=O)[O-])o1. The molecule has 7 heteroatoms. The van der Waals surface area contributed by atoms with Crippen molar-refractivity contribution in [1.82, 2.24) is 5.32 Å². The number of alkyl halides is 1. The van der Waals surface area contributed by atoms with Gasteiger partial charge < -0.3 is 9.73 Å². The number of benzene rings is 1. The van der Waals surface area contributed by atoms with Crippen LogP contribution in [0.5, 0.6) is 0 Å². The summed E-state index contributed by atoms with van der Waals surface area (Å²) in [4.78, 5) is 21.8. The number of nitrogens with one attached hydrogen (secondary N) is 1. The van der Waals surface area contributed by atoms with Crippen LogP contribution < -0.4 is 5.32 Å². The molecule has 1 aromatic carbocycles. The van der Waals surface area contributed by atoms with Crippen molar-refractivity contribution in [3.63, 3.8) is 0 Å². The van der Waals surface area contributed by atoms with E-state index in [2.05, 4.69) is 5.32 Å². The molecule has 1 atom stereocenters. The monoisotopic (exact) mass is 308 g/mol. The van der Waals surface area contributed by atoms with E-state index in [-0.39, 0.29) is 17.7 Å². The van der Waals surface area contributed by atoms with Crippen LogP contribution in [-0.2, 0) is 6.42 Å². The average molecular weight is 309 g/mol. The molecule has 0 aliphatic rings. The molecular weight excluding hydrogens is 296 g/mol. The van der Waals surface area contributed by atoms with E-state index in [9.17, 15) is 14.9 Å². The molecule has 0 aliphatic heterocycles. The maximum absolute atomic E-state index is 12.0. The van der Waals surface area contributed by atoms with E-state index in [1.807, 2.05) is 30.3 Å². The fourth-order valence-electron chi connectivity index (χ4n) is 1.85. The largest absolute Gasteiger partial charge is 0.433 e. The molecule has 2 aromatic rings. The van der Waals surface area contributed by atoms with Gasteiger partial charge in [-0.25, -0.2) is 0 Å². The third-order valence-corrected chi connectivity index (χ3v) is 3.21. The minimum Gasteiger partial charge on any atom is -0.395 e. The van der Waals surface area contributed by atoms with Crippen molar-refractivity contribution in [3.8, 4) is 0 Å². The summed E-state index contributed by atoms with van der Waals surface area (Å²) in [5, 5.41) is 13.2. The molecule has 0 saturated carbocycles. The molecule has 1 heterocycles. The molecule has 1 amide bonds. The normalized spacial score (nSPS) is 11.9. The average Bonchev–Trinajstić information content (AvgIpc) is 2.97.